The molecule has 0 atom stereocenters. The second kappa shape index (κ2) is 8.35. The number of aromatic nitrogens is 1. The number of carbonyl (C=O) groups excluding carboxylic acids is 1. The number of rotatable bonds is 4. The number of amides is 1. The first-order chi connectivity index (χ1) is 14.1. The number of nitrogens with one attached hydrogen (secondary N) is 1. The summed E-state index contributed by atoms with van der Waals surface area (Å²) in [5.41, 5.74) is 5.37. The van der Waals surface area contributed by atoms with E-state index in [2.05, 4.69) is 52.1 Å². The van der Waals surface area contributed by atoms with Crippen LogP contribution in [-0.2, 0) is 0 Å². The van der Waals surface area contributed by atoms with Crippen LogP contribution in [0.5, 0.6) is 0 Å². The lowest BCUT2D eigenvalue weighted by Gasteiger charge is -2.37. The molecule has 5 heteroatoms. The number of benzene rings is 2. The van der Waals surface area contributed by atoms with Gasteiger partial charge in [-0.15, -0.1) is 0 Å². The maximum absolute atomic E-state index is 12.3. The van der Waals surface area contributed by atoms with E-state index in [1.807, 2.05) is 30.3 Å². The van der Waals surface area contributed by atoms with Crippen LogP contribution in [0.3, 0.4) is 0 Å². The summed E-state index contributed by atoms with van der Waals surface area (Å²) >= 11 is 0. The predicted molar refractivity (Wildman–Crippen MR) is 119 cm³/mol. The molecule has 0 unspecified atom stereocenters. The smallest absolute Gasteiger partial charge is 0.255 e. The highest BCUT2D eigenvalue weighted by Gasteiger charge is 2.19. The van der Waals surface area contributed by atoms with Crippen molar-refractivity contribution in [2.75, 3.05) is 41.3 Å². The number of hydrogen-bond acceptors (Lipinski definition) is 4. The third-order valence-corrected chi connectivity index (χ3v) is 5.56. The highest BCUT2D eigenvalue weighted by atomic mass is 16.1. The topological polar surface area (TPSA) is 48.5 Å². The van der Waals surface area contributed by atoms with Crippen molar-refractivity contribution < 1.29 is 4.79 Å². The first-order valence-corrected chi connectivity index (χ1v) is 10.0. The van der Waals surface area contributed by atoms with E-state index in [0.717, 1.165) is 32.0 Å². The molecule has 2 heterocycles. The number of pyridine rings is 1. The first-order valence-electron chi connectivity index (χ1n) is 10.0. The number of aryl methyl sites for hydroxylation is 1. The molecule has 148 valence electrons. The molecule has 4 rings (SSSR count). The van der Waals surface area contributed by atoms with Gasteiger partial charge in [0.25, 0.3) is 5.91 Å². The van der Waals surface area contributed by atoms with Gasteiger partial charge in [0.2, 0.25) is 0 Å². The molecule has 29 heavy (non-hydrogen) atoms. The Morgan fingerprint density at radius 1 is 0.862 bits per heavy atom. The summed E-state index contributed by atoms with van der Waals surface area (Å²) in [6.45, 7) is 8.15. The molecule has 0 saturated carbocycles. The Hall–Kier alpha value is -3.34. The standard InChI is InChI=1S/C24H26N4O/c1-18-7-6-10-22(19(18)2)27-13-15-28(16-14-27)23-12-11-21(17-25-23)26-24(29)20-8-4-3-5-9-20/h3-12,17H,13-16H2,1-2H3,(H,26,29). The van der Waals surface area contributed by atoms with Crippen LogP contribution in [0.2, 0.25) is 0 Å². The van der Waals surface area contributed by atoms with Gasteiger partial charge in [-0.3, -0.25) is 4.79 Å². The number of piperazine rings is 1. The average molecular weight is 386 g/mol. The summed E-state index contributed by atoms with van der Waals surface area (Å²) < 4.78 is 0. The van der Waals surface area contributed by atoms with Crippen LogP contribution < -0.4 is 15.1 Å². The highest BCUT2D eigenvalue weighted by molar-refractivity contribution is 6.04. The molecule has 1 amide bonds. The van der Waals surface area contributed by atoms with Gasteiger partial charge in [-0.25, -0.2) is 4.98 Å². The molecule has 1 aliphatic heterocycles. The zero-order valence-corrected chi connectivity index (χ0v) is 16.9. The van der Waals surface area contributed by atoms with Crippen molar-refractivity contribution in [3.63, 3.8) is 0 Å². The van der Waals surface area contributed by atoms with Gasteiger partial charge in [-0.2, -0.15) is 0 Å². The average Bonchev–Trinajstić information content (AvgIpc) is 2.77. The second-order valence-corrected chi connectivity index (χ2v) is 7.42. The van der Waals surface area contributed by atoms with Crippen molar-refractivity contribution in [2.24, 2.45) is 0 Å². The van der Waals surface area contributed by atoms with Gasteiger partial charge in [0.05, 0.1) is 11.9 Å². The van der Waals surface area contributed by atoms with E-state index in [1.165, 1.54) is 16.8 Å². The molecule has 1 N–H and O–H groups in total. The van der Waals surface area contributed by atoms with E-state index in [0.29, 0.717) is 11.3 Å². The Labute approximate surface area is 172 Å². The lowest BCUT2D eigenvalue weighted by molar-refractivity contribution is 0.102. The van der Waals surface area contributed by atoms with Gasteiger partial charge in [0.15, 0.2) is 0 Å². The molecule has 0 aliphatic carbocycles. The largest absolute Gasteiger partial charge is 0.368 e. The lowest BCUT2D eigenvalue weighted by atomic mass is 10.1. The minimum atomic E-state index is -0.123. The molecular formula is C24H26N4O. The fourth-order valence-corrected chi connectivity index (χ4v) is 3.69. The van der Waals surface area contributed by atoms with Crippen LogP contribution in [0.25, 0.3) is 0 Å². The van der Waals surface area contributed by atoms with Gasteiger partial charge >= 0.3 is 0 Å². The quantitative estimate of drug-likeness (QED) is 0.727. The Morgan fingerprint density at radius 2 is 1.59 bits per heavy atom. The molecule has 1 aromatic heterocycles. The molecule has 5 nitrogen and oxygen atoms in total. The van der Waals surface area contributed by atoms with Crippen LogP contribution in [-0.4, -0.2) is 37.1 Å². The lowest BCUT2D eigenvalue weighted by Crippen LogP contribution is -2.47. The molecule has 0 radical (unpaired) electrons. The molecule has 1 fully saturated rings. The molecular weight excluding hydrogens is 360 g/mol. The van der Waals surface area contributed by atoms with Gasteiger partial charge < -0.3 is 15.1 Å². The van der Waals surface area contributed by atoms with E-state index in [-0.39, 0.29) is 5.91 Å². The Bertz CT molecular complexity index is 978. The monoisotopic (exact) mass is 386 g/mol. The number of anilines is 3. The van der Waals surface area contributed by atoms with E-state index in [4.69, 9.17) is 0 Å². The second-order valence-electron chi connectivity index (χ2n) is 7.42. The van der Waals surface area contributed by atoms with Gasteiger partial charge in [-0.1, -0.05) is 30.3 Å². The van der Waals surface area contributed by atoms with E-state index >= 15 is 0 Å². The number of nitrogens with zero attached hydrogens (tertiary/aromatic N) is 3. The van der Waals surface area contributed by atoms with Crippen molar-refractivity contribution >= 4 is 23.1 Å². The van der Waals surface area contributed by atoms with Crippen molar-refractivity contribution in [1.82, 2.24) is 4.98 Å². The highest BCUT2D eigenvalue weighted by Crippen LogP contribution is 2.25. The Morgan fingerprint density at radius 3 is 2.28 bits per heavy atom. The van der Waals surface area contributed by atoms with Crippen LogP contribution >= 0.6 is 0 Å². The zero-order chi connectivity index (χ0) is 20.2. The van der Waals surface area contributed by atoms with E-state index in [1.54, 1.807) is 18.3 Å². The Balaban J connectivity index is 1.37. The van der Waals surface area contributed by atoms with E-state index in [9.17, 15) is 4.79 Å². The minimum Gasteiger partial charge on any atom is -0.368 e. The van der Waals surface area contributed by atoms with Gasteiger partial charge in [0.1, 0.15) is 5.82 Å². The van der Waals surface area contributed by atoms with Crippen molar-refractivity contribution in [3.05, 3.63) is 83.6 Å². The molecule has 3 aromatic rings. The maximum atomic E-state index is 12.3. The van der Waals surface area contributed by atoms with Crippen LogP contribution in [0.1, 0.15) is 21.5 Å². The number of hydrogen-bond donors (Lipinski definition) is 1. The van der Waals surface area contributed by atoms with Crippen molar-refractivity contribution in [2.45, 2.75) is 13.8 Å². The van der Waals surface area contributed by atoms with Crippen LogP contribution in [0, 0.1) is 13.8 Å². The normalized spacial score (nSPS) is 14.0. The predicted octanol–water partition coefficient (Wildman–Crippen LogP) is 4.28. The third kappa shape index (κ3) is 4.24. The Kier molecular flexibility index (Phi) is 5.47. The van der Waals surface area contributed by atoms with Crippen LogP contribution in [0.4, 0.5) is 17.2 Å². The first kappa shape index (κ1) is 19.0. The molecule has 2 aromatic carbocycles. The summed E-state index contributed by atoms with van der Waals surface area (Å²) in [5, 5.41) is 2.90. The van der Waals surface area contributed by atoms with Crippen molar-refractivity contribution in [1.29, 1.82) is 0 Å². The molecule has 0 spiro atoms. The summed E-state index contributed by atoms with van der Waals surface area (Å²) in [5.74, 6) is 0.825. The molecule has 1 saturated heterocycles. The third-order valence-electron chi connectivity index (χ3n) is 5.56. The van der Waals surface area contributed by atoms with Gasteiger partial charge in [-0.05, 0) is 55.3 Å². The van der Waals surface area contributed by atoms with Crippen molar-refractivity contribution in [3.8, 4) is 0 Å². The minimum absolute atomic E-state index is 0.123. The molecule has 0 bridgehead atoms. The fourth-order valence-electron chi connectivity index (χ4n) is 3.69. The van der Waals surface area contributed by atoms with E-state index < -0.39 is 0 Å². The summed E-state index contributed by atoms with van der Waals surface area (Å²) in [6.07, 6.45) is 1.73. The maximum Gasteiger partial charge on any atom is 0.255 e. The summed E-state index contributed by atoms with van der Waals surface area (Å²) in [7, 11) is 0. The fraction of sp³-hybridized carbons (Fsp3) is 0.250. The SMILES string of the molecule is Cc1cccc(N2CCN(c3ccc(NC(=O)c4ccccc4)cn3)CC2)c1C. The van der Waals surface area contributed by atoms with Gasteiger partial charge in [0, 0.05) is 37.4 Å². The zero-order valence-electron chi connectivity index (χ0n) is 16.9. The molecule has 1 aliphatic rings. The number of carbonyl (C=O) groups is 1. The van der Waals surface area contributed by atoms with Crippen LogP contribution in [0.15, 0.2) is 66.9 Å². The summed E-state index contributed by atoms with van der Waals surface area (Å²) in [4.78, 5) is 21.6. The summed E-state index contributed by atoms with van der Waals surface area (Å²) in [6, 6.07) is 19.6.